The number of hydrogen-bond acceptors (Lipinski definition) is 1. The standard InChI is InChI=1S/C12H16BrClFN/c1-8(14)12(2,3)16-7-9-4-5-10(15)6-11(9)13/h4-6,8,16H,7H2,1-3H3. The maximum Gasteiger partial charge on any atom is 0.124 e. The first-order chi connectivity index (χ1) is 7.33. The SMILES string of the molecule is CC(Cl)C(C)(C)NCc1ccc(F)cc1Br. The highest BCUT2D eigenvalue weighted by Crippen LogP contribution is 2.20. The van der Waals surface area contributed by atoms with Gasteiger partial charge in [-0.05, 0) is 38.5 Å². The van der Waals surface area contributed by atoms with Gasteiger partial charge in [0.1, 0.15) is 5.82 Å². The molecule has 0 aliphatic carbocycles. The number of rotatable bonds is 4. The molecule has 4 heteroatoms. The number of nitrogens with one attached hydrogen (secondary N) is 1. The van der Waals surface area contributed by atoms with Crippen LogP contribution in [-0.4, -0.2) is 10.9 Å². The third-order valence-corrected chi connectivity index (χ3v) is 4.03. The Bertz CT molecular complexity index is 366. The average molecular weight is 309 g/mol. The molecule has 1 nitrogen and oxygen atoms in total. The van der Waals surface area contributed by atoms with Crippen molar-refractivity contribution in [1.82, 2.24) is 5.32 Å². The van der Waals surface area contributed by atoms with Crippen molar-refractivity contribution in [2.75, 3.05) is 0 Å². The van der Waals surface area contributed by atoms with Gasteiger partial charge in [-0.15, -0.1) is 11.6 Å². The zero-order valence-corrected chi connectivity index (χ0v) is 12.0. The van der Waals surface area contributed by atoms with Crippen molar-refractivity contribution < 1.29 is 4.39 Å². The van der Waals surface area contributed by atoms with Gasteiger partial charge in [-0.3, -0.25) is 0 Å². The number of halogens is 3. The number of alkyl halides is 1. The van der Waals surface area contributed by atoms with Crippen LogP contribution in [0.15, 0.2) is 22.7 Å². The topological polar surface area (TPSA) is 12.0 Å². The summed E-state index contributed by atoms with van der Waals surface area (Å²) in [6, 6.07) is 4.69. The molecule has 1 atom stereocenters. The molecule has 0 amide bonds. The molecule has 16 heavy (non-hydrogen) atoms. The lowest BCUT2D eigenvalue weighted by molar-refractivity contribution is 0.380. The number of hydrogen-bond donors (Lipinski definition) is 1. The minimum atomic E-state index is -0.236. The second kappa shape index (κ2) is 5.48. The summed E-state index contributed by atoms with van der Waals surface area (Å²) in [6.07, 6.45) is 0. The highest BCUT2D eigenvalue weighted by Gasteiger charge is 2.23. The van der Waals surface area contributed by atoms with Crippen LogP contribution < -0.4 is 5.32 Å². The van der Waals surface area contributed by atoms with E-state index in [0.717, 1.165) is 10.0 Å². The second-order valence-electron chi connectivity index (χ2n) is 4.43. The van der Waals surface area contributed by atoms with Crippen LogP contribution in [0.5, 0.6) is 0 Å². The smallest absolute Gasteiger partial charge is 0.124 e. The lowest BCUT2D eigenvalue weighted by Crippen LogP contribution is -2.45. The normalized spacial score (nSPS) is 13.9. The fourth-order valence-electron chi connectivity index (χ4n) is 1.13. The monoisotopic (exact) mass is 307 g/mol. The summed E-state index contributed by atoms with van der Waals surface area (Å²) in [4.78, 5) is 0. The van der Waals surface area contributed by atoms with E-state index in [9.17, 15) is 4.39 Å². The third-order valence-electron chi connectivity index (χ3n) is 2.74. The Morgan fingerprint density at radius 1 is 1.50 bits per heavy atom. The second-order valence-corrected chi connectivity index (χ2v) is 5.94. The fourth-order valence-corrected chi connectivity index (χ4v) is 1.70. The van der Waals surface area contributed by atoms with Crippen LogP contribution in [0.25, 0.3) is 0 Å². The molecular formula is C12H16BrClFN. The van der Waals surface area contributed by atoms with E-state index in [1.807, 2.05) is 20.8 Å². The van der Waals surface area contributed by atoms with Crippen molar-refractivity contribution in [2.45, 2.75) is 38.2 Å². The van der Waals surface area contributed by atoms with E-state index in [0.29, 0.717) is 6.54 Å². The molecule has 1 rings (SSSR count). The van der Waals surface area contributed by atoms with Crippen LogP contribution in [-0.2, 0) is 6.54 Å². The summed E-state index contributed by atoms with van der Waals surface area (Å²) >= 11 is 9.41. The van der Waals surface area contributed by atoms with Crippen LogP contribution in [0.2, 0.25) is 0 Å². The molecule has 0 bridgehead atoms. The minimum absolute atomic E-state index is 0.0201. The van der Waals surface area contributed by atoms with Gasteiger partial charge in [0.05, 0.1) is 0 Å². The largest absolute Gasteiger partial charge is 0.306 e. The van der Waals surface area contributed by atoms with E-state index in [1.165, 1.54) is 12.1 Å². The van der Waals surface area contributed by atoms with Gasteiger partial charge < -0.3 is 5.32 Å². The Morgan fingerprint density at radius 3 is 2.62 bits per heavy atom. The van der Waals surface area contributed by atoms with Crippen molar-refractivity contribution >= 4 is 27.5 Å². The highest BCUT2D eigenvalue weighted by atomic mass is 79.9. The van der Waals surface area contributed by atoms with Gasteiger partial charge in [0.15, 0.2) is 0 Å². The molecular weight excluding hydrogens is 292 g/mol. The molecule has 0 aliphatic rings. The van der Waals surface area contributed by atoms with Gasteiger partial charge in [-0.1, -0.05) is 22.0 Å². The molecule has 0 radical (unpaired) electrons. The molecule has 0 heterocycles. The van der Waals surface area contributed by atoms with Crippen molar-refractivity contribution in [2.24, 2.45) is 0 Å². The Kier molecular flexibility index (Phi) is 4.77. The summed E-state index contributed by atoms with van der Waals surface area (Å²) in [5.74, 6) is -0.236. The lowest BCUT2D eigenvalue weighted by Gasteiger charge is -2.29. The van der Waals surface area contributed by atoms with Crippen LogP contribution in [0.4, 0.5) is 4.39 Å². The summed E-state index contributed by atoms with van der Waals surface area (Å²) in [5, 5.41) is 3.37. The first-order valence-corrected chi connectivity index (χ1v) is 6.39. The predicted molar refractivity (Wildman–Crippen MR) is 70.3 cm³/mol. The van der Waals surface area contributed by atoms with E-state index >= 15 is 0 Å². The molecule has 1 unspecified atom stereocenters. The third kappa shape index (κ3) is 3.72. The van der Waals surface area contributed by atoms with Gasteiger partial charge in [0, 0.05) is 21.9 Å². The van der Waals surface area contributed by atoms with E-state index in [2.05, 4.69) is 21.2 Å². The molecule has 1 N–H and O–H groups in total. The molecule has 0 aromatic heterocycles. The van der Waals surface area contributed by atoms with Crippen LogP contribution in [0.1, 0.15) is 26.3 Å². The Hall–Kier alpha value is -0.120. The van der Waals surface area contributed by atoms with E-state index in [1.54, 1.807) is 6.07 Å². The zero-order valence-electron chi connectivity index (χ0n) is 9.65. The van der Waals surface area contributed by atoms with Crippen molar-refractivity contribution in [3.05, 3.63) is 34.1 Å². The van der Waals surface area contributed by atoms with Gasteiger partial charge in [0.25, 0.3) is 0 Å². The van der Waals surface area contributed by atoms with Crippen LogP contribution in [0.3, 0.4) is 0 Å². The van der Waals surface area contributed by atoms with Gasteiger partial charge in [0.2, 0.25) is 0 Å². The molecule has 0 saturated heterocycles. The van der Waals surface area contributed by atoms with Crippen LogP contribution in [0, 0.1) is 5.82 Å². The maximum absolute atomic E-state index is 12.9. The summed E-state index contributed by atoms with van der Waals surface area (Å²) in [6.45, 7) is 6.70. The maximum atomic E-state index is 12.9. The van der Waals surface area contributed by atoms with Gasteiger partial charge in [-0.25, -0.2) is 4.39 Å². The van der Waals surface area contributed by atoms with Crippen LogP contribution >= 0.6 is 27.5 Å². The quantitative estimate of drug-likeness (QED) is 0.826. The minimum Gasteiger partial charge on any atom is -0.306 e. The van der Waals surface area contributed by atoms with Crippen molar-refractivity contribution in [1.29, 1.82) is 0 Å². The summed E-state index contributed by atoms with van der Waals surface area (Å²) in [5.41, 5.74) is 0.863. The van der Waals surface area contributed by atoms with Crippen molar-refractivity contribution in [3.8, 4) is 0 Å². The summed E-state index contributed by atoms with van der Waals surface area (Å²) in [7, 11) is 0. The highest BCUT2D eigenvalue weighted by molar-refractivity contribution is 9.10. The molecule has 0 spiro atoms. The molecule has 90 valence electrons. The van der Waals surface area contributed by atoms with E-state index < -0.39 is 0 Å². The van der Waals surface area contributed by atoms with E-state index in [4.69, 9.17) is 11.6 Å². The van der Waals surface area contributed by atoms with Crippen molar-refractivity contribution in [3.63, 3.8) is 0 Å². The van der Waals surface area contributed by atoms with Gasteiger partial charge >= 0.3 is 0 Å². The predicted octanol–water partition coefficient (Wildman–Crippen LogP) is 4.08. The number of benzene rings is 1. The molecule has 1 aromatic rings. The molecule has 0 fully saturated rings. The molecule has 0 aliphatic heterocycles. The first kappa shape index (κ1) is 13.9. The zero-order chi connectivity index (χ0) is 12.3. The van der Waals surface area contributed by atoms with E-state index in [-0.39, 0.29) is 16.7 Å². The Labute approximate surface area is 110 Å². The average Bonchev–Trinajstić information content (AvgIpc) is 2.16. The summed E-state index contributed by atoms with van der Waals surface area (Å²) < 4.78 is 13.7. The Balaban J connectivity index is 2.68. The lowest BCUT2D eigenvalue weighted by atomic mass is 10.0. The molecule has 0 saturated carbocycles. The fraction of sp³-hybridized carbons (Fsp3) is 0.500. The Morgan fingerprint density at radius 2 is 2.12 bits per heavy atom. The van der Waals surface area contributed by atoms with Gasteiger partial charge in [-0.2, -0.15) is 0 Å². The molecule has 1 aromatic carbocycles. The first-order valence-electron chi connectivity index (χ1n) is 5.16.